The molecule has 2 atom stereocenters. The first kappa shape index (κ1) is 26.6. The topological polar surface area (TPSA) is 90.0 Å². The van der Waals surface area contributed by atoms with Crippen molar-refractivity contribution >= 4 is 44.8 Å². The van der Waals surface area contributed by atoms with E-state index in [0.717, 1.165) is 61.5 Å². The van der Waals surface area contributed by atoms with Gasteiger partial charge < -0.3 is 14.7 Å². The first-order chi connectivity index (χ1) is 17.8. The van der Waals surface area contributed by atoms with Crippen LogP contribution in [0.3, 0.4) is 0 Å². The predicted molar refractivity (Wildman–Crippen MR) is 145 cm³/mol. The van der Waals surface area contributed by atoms with E-state index in [1.807, 2.05) is 17.0 Å². The molecule has 0 spiro atoms. The van der Waals surface area contributed by atoms with Crippen molar-refractivity contribution in [3.8, 4) is 11.1 Å². The van der Waals surface area contributed by atoms with Gasteiger partial charge in [-0.25, -0.2) is 8.42 Å². The van der Waals surface area contributed by atoms with Gasteiger partial charge in [0.05, 0.1) is 6.54 Å². The summed E-state index contributed by atoms with van der Waals surface area (Å²) in [5, 5.41) is 2.39. The van der Waals surface area contributed by atoms with Crippen molar-refractivity contribution < 1.29 is 18.0 Å². The van der Waals surface area contributed by atoms with Crippen LogP contribution >= 0.6 is 22.9 Å². The molecule has 0 radical (unpaired) electrons. The van der Waals surface area contributed by atoms with Gasteiger partial charge in [-0.1, -0.05) is 23.7 Å². The average molecular weight is 565 g/mol. The number of thiophene rings is 1. The lowest BCUT2D eigenvalue weighted by Gasteiger charge is -2.34. The van der Waals surface area contributed by atoms with Gasteiger partial charge in [-0.2, -0.15) is 4.72 Å². The van der Waals surface area contributed by atoms with Crippen LogP contribution in [0.15, 0.2) is 39.9 Å². The second-order valence-electron chi connectivity index (χ2n) is 10.1. The van der Waals surface area contributed by atoms with Crippen molar-refractivity contribution in [1.82, 2.24) is 19.4 Å². The molecule has 3 saturated heterocycles. The quantitative estimate of drug-likeness (QED) is 0.530. The third kappa shape index (κ3) is 6.20. The minimum atomic E-state index is -3.88. The number of nitrogens with one attached hydrogen (secondary N) is 1. The van der Waals surface area contributed by atoms with Gasteiger partial charge in [-0.15, -0.1) is 11.3 Å². The summed E-state index contributed by atoms with van der Waals surface area (Å²) < 4.78 is 29.0. The third-order valence-corrected chi connectivity index (χ3v) is 10.7. The maximum atomic E-state index is 13.2. The number of hydrogen-bond donors (Lipinski definition) is 1. The molecule has 37 heavy (non-hydrogen) atoms. The summed E-state index contributed by atoms with van der Waals surface area (Å²) in [4.78, 5) is 32.3. The molecule has 2 aromatic rings. The van der Waals surface area contributed by atoms with E-state index in [1.165, 1.54) is 17.7 Å². The van der Waals surface area contributed by atoms with Gasteiger partial charge in [0.25, 0.3) is 10.0 Å². The molecule has 1 aromatic carbocycles. The van der Waals surface area contributed by atoms with Gasteiger partial charge in [-0.05, 0) is 86.3 Å². The Morgan fingerprint density at radius 1 is 1.00 bits per heavy atom. The molecule has 2 amide bonds. The first-order valence-electron chi connectivity index (χ1n) is 13.0. The highest BCUT2D eigenvalue weighted by molar-refractivity contribution is 7.91. The second-order valence-corrected chi connectivity index (χ2v) is 13.4. The molecule has 8 nitrogen and oxygen atoms in total. The van der Waals surface area contributed by atoms with E-state index in [2.05, 4.69) is 9.62 Å². The smallest absolute Gasteiger partial charge is 0.250 e. The second kappa shape index (κ2) is 11.4. The third-order valence-electron chi connectivity index (χ3n) is 7.54. The standard InChI is InChI=1S/C26H33ClN4O4S2/c27-21-9-7-19(8-10-21)20-15-25(36-18-20)37(34,35)28-23-6-4-13-30(26(23)33)17-24(32)31-14-3-5-22(31)16-29-11-1-2-12-29/h7-10,15,18,22-23,28H,1-6,11-14,16-17H2. The predicted octanol–water partition coefficient (Wildman–Crippen LogP) is 3.42. The van der Waals surface area contributed by atoms with Crippen molar-refractivity contribution in [2.75, 3.05) is 39.3 Å². The fraction of sp³-hybridized carbons (Fsp3) is 0.538. The molecule has 0 aliphatic carbocycles. The van der Waals surface area contributed by atoms with Gasteiger partial charge in [0.2, 0.25) is 11.8 Å². The summed E-state index contributed by atoms with van der Waals surface area (Å²) >= 11 is 7.07. The van der Waals surface area contributed by atoms with Crippen LogP contribution < -0.4 is 4.72 Å². The van der Waals surface area contributed by atoms with E-state index >= 15 is 0 Å². The molecule has 1 aromatic heterocycles. The molecule has 1 N–H and O–H groups in total. The summed E-state index contributed by atoms with van der Waals surface area (Å²) in [5.41, 5.74) is 1.64. The number of sulfonamides is 1. The highest BCUT2D eigenvalue weighted by Crippen LogP contribution is 2.30. The van der Waals surface area contributed by atoms with E-state index in [1.54, 1.807) is 23.6 Å². The number of likely N-dealkylation sites (tertiary alicyclic amines) is 3. The lowest BCUT2D eigenvalue weighted by molar-refractivity contribution is -0.143. The van der Waals surface area contributed by atoms with Crippen molar-refractivity contribution in [2.24, 2.45) is 0 Å². The molecule has 3 aliphatic heterocycles. The van der Waals surface area contributed by atoms with Crippen molar-refractivity contribution in [3.05, 3.63) is 40.7 Å². The molecule has 4 heterocycles. The Morgan fingerprint density at radius 3 is 2.49 bits per heavy atom. The van der Waals surface area contributed by atoms with Gasteiger partial charge in [0.15, 0.2) is 0 Å². The van der Waals surface area contributed by atoms with Gasteiger partial charge in [-0.3, -0.25) is 9.59 Å². The number of nitrogens with zero attached hydrogens (tertiary/aromatic N) is 3. The zero-order chi connectivity index (χ0) is 26.0. The Morgan fingerprint density at radius 2 is 1.73 bits per heavy atom. The van der Waals surface area contributed by atoms with Crippen LogP contribution in [0.25, 0.3) is 11.1 Å². The average Bonchev–Trinajstić information content (AvgIpc) is 3.65. The Kier molecular flexibility index (Phi) is 8.21. The highest BCUT2D eigenvalue weighted by Gasteiger charge is 2.36. The van der Waals surface area contributed by atoms with Crippen LogP contribution in [-0.2, 0) is 19.6 Å². The van der Waals surface area contributed by atoms with E-state index in [0.29, 0.717) is 24.4 Å². The fourth-order valence-electron chi connectivity index (χ4n) is 5.57. The van der Waals surface area contributed by atoms with E-state index in [-0.39, 0.29) is 28.6 Å². The molecule has 0 saturated carbocycles. The zero-order valence-corrected chi connectivity index (χ0v) is 23.2. The Balaban J connectivity index is 1.20. The number of halogens is 1. The van der Waals surface area contributed by atoms with Crippen LogP contribution in [0.5, 0.6) is 0 Å². The Labute approximate surface area is 227 Å². The Hall–Kier alpha value is -1.98. The van der Waals surface area contributed by atoms with Crippen molar-refractivity contribution in [1.29, 1.82) is 0 Å². The number of amides is 2. The first-order valence-corrected chi connectivity index (χ1v) is 15.7. The molecule has 3 fully saturated rings. The van der Waals surface area contributed by atoms with Gasteiger partial charge in [0.1, 0.15) is 10.3 Å². The molecule has 2 unspecified atom stereocenters. The SMILES string of the molecule is O=C1C(NS(=O)(=O)c2cc(-c3ccc(Cl)cc3)cs2)CCCN1CC(=O)N1CCCC1CN1CCCC1. The van der Waals surface area contributed by atoms with E-state index < -0.39 is 16.1 Å². The normalized spacial score (nSPS) is 23.2. The van der Waals surface area contributed by atoms with Crippen LogP contribution in [0, 0.1) is 0 Å². The summed E-state index contributed by atoms with van der Waals surface area (Å²) in [6.45, 7) is 4.29. The molecule has 200 valence electrons. The van der Waals surface area contributed by atoms with Crippen LogP contribution in [0.2, 0.25) is 5.02 Å². The van der Waals surface area contributed by atoms with Gasteiger partial charge in [0, 0.05) is 30.7 Å². The molecular formula is C26H33ClN4O4S2. The summed E-state index contributed by atoms with van der Waals surface area (Å²) in [7, 11) is -3.88. The number of carbonyl (C=O) groups is 2. The number of hydrogen-bond acceptors (Lipinski definition) is 6. The van der Waals surface area contributed by atoms with E-state index in [9.17, 15) is 18.0 Å². The van der Waals surface area contributed by atoms with Crippen LogP contribution in [0.1, 0.15) is 38.5 Å². The minimum absolute atomic E-state index is 0.00722. The molecule has 5 rings (SSSR count). The summed E-state index contributed by atoms with van der Waals surface area (Å²) in [6, 6.07) is 8.13. The highest BCUT2D eigenvalue weighted by atomic mass is 35.5. The van der Waals surface area contributed by atoms with Gasteiger partial charge >= 0.3 is 0 Å². The van der Waals surface area contributed by atoms with Crippen molar-refractivity contribution in [3.63, 3.8) is 0 Å². The number of piperidine rings is 1. The monoisotopic (exact) mass is 564 g/mol. The lowest BCUT2D eigenvalue weighted by atomic mass is 10.1. The fourth-order valence-corrected chi connectivity index (χ4v) is 8.13. The number of carbonyl (C=O) groups excluding carboxylic acids is 2. The molecular weight excluding hydrogens is 532 g/mol. The largest absolute Gasteiger partial charge is 0.337 e. The minimum Gasteiger partial charge on any atom is -0.337 e. The maximum absolute atomic E-state index is 13.2. The Bertz CT molecular complexity index is 1230. The summed E-state index contributed by atoms with van der Waals surface area (Å²) in [6.07, 6.45) is 5.47. The molecule has 0 bridgehead atoms. The number of rotatable bonds is 8. The van der Waals surface area contributed by atoms with Crippen LogP contribution in [0.4, 0.5) is 0 Å². The molecule has 11 heteroatoms. The number of benzene rings is 1. The molecule has 3 aliphatic rings. The van der Waals surface area contributed by atoms with Crippen molar-refractivity contribution in [2.45, 2.75) is 54.8 Å². The lowest BCUT2D eigenvalue weighted by Crippen LogP contribution is -2.55. The zero-order valence-electron chi connectivity index (χ0n) is 20.8. The summed E-state index contributed by atoms with van der Waals surface area (Å²) in [5.74, 6) is -0.364. The van der Waals surface area contributed by atoms with Crippen LogP contribution in [-0.4, -0.2) is 86.3 Å². The van der Waals surface area contributed by atoms with E-state index in [4.69, 9.17) is 11.6 Å². The maximum Gasteiger partial charge on any atom is 0.250 e.